The second-order valence-corrected chi connectivity index (χ2v) is 12.4. The number of fused-ring (bicyclic) bond motifs is 1. The zero-order chi connectivity index (χ0) is 30.3. The Labute approximate surface area is 254 Å². The van der Waals surface area contributed by atoms with Crippen molar-refractivity contribution in [2.45, 2.75) is 88.1 Å². The minimum Gasteiger partial charge on any atom is -0.480 e. The number of hydrogen-bond acceptors (Lipinski definition) is 7. The van der Waals surface area contributed by atoms with Gasteiger partial charge in [-0.2, -0.15) is 0 Å². The Morgan fingerprint density at radius 2 is 1.64 bits per heavy atom. The van der Waals surface area contributed by atoms with Gasteiger partial charge in [-0.3, -0.25) is 14.6 Å². The van der Waals surface area contributed by atoms with Crippen molar-refractivity contribution in [1.82, 2.24) is 35.6 Å². The summed E-state index contributed by atoms with van der Waals surface area (Å²) in [4.78, 5) is 46.9. The van der Waals surface area contributed by atoms with Crippen molar-refractivity contribution < 1.29 is 19.5 Å². The molecule has 2 aromatic carbocycles. The Bertz CT molecular complexity index is 1720. The third kappa shape index (κ3) is 5.78. The zero-order valence-corrected chi connectivity index (χ0v) is 24.5. The molecule has 0 unspecified atom stereocenters. The highest BCUT2D eigenvalue weighted by Gasteiger charge is 2.41. The average Bonchev–Trinajstić information content (AvgIpc) is 3.97. The fourth-order valence-corrected chi connectivity index (χ4v) is 6.38. The molecule has 0 spiro atoms. The maximum atomic E-state index is 13.2. The van der Waals surface area contributed by atoms with E-state index in [1.807, 2.05) is 35.1 Å². The summed E-state index contributed by atoms with van der Waals surface area (Å²) in [7, 11) is 0. The molecule has 2 aromatic heterocycles. The minimum absolute atomic E-state index is 0.140. The quantitative estimate of drug-likeness (QED) is 0.246. The van der Waals surface area contributed by atoms with Crippen molar-refractivity contribution in [1.29, 1.82) is 0 Å². The number of para-hydroxylation sites is 2. The second-order valence-electron chi connectivity index (χ2n) is 12.4. The number of aliphatic carboxylic acids is 1. The number of carboxylic acids is 1. The molecule has 44 heavy (non-hydrogen) atoms. The van der Waals surface area contributed by atoms with Gasteiger partial charge in [0.25, 0.3) is 5.91 Å². The topological polar surface area (TPSA) is 152 Å². The molecule has 3 N–H and O–H groups in total. The predicted octanol–water partition coefficient (Wildman–Crippen LogP) is 4.34. The van der Waals surface area contributed by atoms with Crippen LogP contribution in [0.25, 0.3) is 16.7 Å². The lowest BCUT2D eigenvalue weighted by Crippen LogP contribution is -2.56. The van der Waals surface area contributed by atoms with Gasteiger partial charge in [0.2, 0.25) is 5.91 Å². The molecule has 4 aromatic rings. The molecule has 3 saturated carbocycles. The van der Waals surface area contributed by atoms with E-state index in [-0.39, 0.29) is 30.5 Å². The largest absolute Gasteiger partial charge is 0.480 e. The van der Waals surface area contributed by atoms with E-state index in [2.05, 4.69) is 43.0 Å². The summed E-state index contributed by atoms with van der Waals surface area (Å²) in [6.07, 6.45) is 11.3. The SMILES string of the molecule is O=C(Cc1cc(C2CC2)c(-n2cc(CNC(=O)c3cnc4ccccc4n3)nn2)c(C2CC2)c1)NC1(C(=O)O)CCCCC1. The van der Waals surface area contributed by atoms with Crippen LogP contribution in [0.5, 0.6) is 0 Å². The van der Waals surface area contributed by atoms with Gasteiger partial charge in [-0.25, -0.2) is 14.5 Å². The third-order valence-electron chi connectivity index (χ3n) is 9.00. The number of nitrogens with zero attached hydrogens (tertiary/aromatic N) is 5. The molecule has 0 bridgehead atoms. The Balaban J connectivity index is 1.10. The van der Waals surface area contributed by atoms with Crippen molar-refractivity contribution >= 4 is 28.8 Å². The second kappa shape index (κ2) is 11.4. The summed E-state index contributed by atoms with van der Waals surface area (Å²) < 4.78 is 1.81. The first kappa shape index (κ1) is 28.1. The number of hydrogen-bond donors (Lipinski definition) is 3. The first-order chi connectivity index (χ1) is 21.4. The molecule has 11 heteroatoms. The van der Waals surface area contributed by atoms with Crippen LogP contribution in [-0.4, -0.2) is 53.4 Å². The summed E-state index contributed by atoms with van der Waals surface area (Å²) in [6.45, 7) is 0.189. The maximum absolute atomic E-state index is 13.2. The van der Waals surface area contributed by atoms with Crippen molar-refractivity contribution in [2.24, 2.45) is 0 Å². The van der Waals surface area contributed by atoms with Crippen molar-refractivity contribution in [3.05, 3.63) is 76.9 Å². The standard InChI is InChI=1S/C33H35N7O4/c41-29(37-33(32(43)44)12-4-1-5-13-33)16-20-14-24(21-8-9-21)30(25(15-20)22-10-11-22)40-19-23(38-39-40)17-35-31(42)28-18-34-26-6-2-3-7-27(26)36-28/h2-3,6-7,14-15,18-19,21-22H,1,4-5,8-13,16-17H2,(H,35,42)(H,37,41)(H,43,44). The van der Waals surface area contributed by atoms with E-state index in [4.69, 9.17) is 0 Å². The van der Waals surface area contributed by atoms with Gasteiger partial charge < -0.3 is 15.7 Å². The minimum atomic E-state index is -1.17. The van der Waals surface area contributed by atoms with E-state index >= 15 is 0 Å². The van der Waals surface area contributed by atoms with Gasteiger partial charge in [0, 0.05) is 0 Å². The molecular formula is C33H35N7O4. The van der Waals surface area contributed by atoms with E-state index in [1.165, 1.54) is 6.20 Å². The monoisotopic (exact) mass is 593 g/mol. The normalized spacial score (nSPS) is 17.7. The molecule has 226 valence electrons. The number of carboxylic acid groups (broad SMARTS) is 1. The number of rotatable bonds is 10. The van der Waals surface area contributed by atoms with Crippen LogP contribution in [0.3, 0.4) is 0 Å². The van der Waals surface area contributed by atoms with E-state index < -0.39 is 11.5 Å². The highest BCUT2D eigenvalue weighted by atomic mass is 16.4. The van der Waals surface area contributed by atoms with E-state index in [0.29, 0.717) is 35.9 Å². The first-order valence-corrected chi connectivity index (χ1v) is 15.5. The van der Waals surface area contributed by atoms with Gasteiger partial charge in [-0.05, 0) is 79.2 Å². The fourth-order valence-electron chi connectivity index (χ4n) is 6.38. The van der Waals surface area contributed by atoms with E-state index in [9.17, 15) is 19.5 Å². The molecule has 7 rings (SSSR count). The highest BCUT2D eigenvalue weighted by molar-refractivity contribution is 5.93. The smallest absolute Gasteiger partial charge is 0.329 e. The third-order valence-corrected chi connectivity index (χ3v) is 9.00. The molecule has 2 heterocycles. The van der Waals surface area contributed by atoms with Gasteiger partial charge in [0.05, 0.1) is 42.1 Å². The summed E-state index contributed by atoms with van der Waals surface area (Å²) in [5.74, 6) is -0.765. The van der Waals surface area contributed by atoms with Crippen molar-refractivity contribution in [3.63, 3.8) is 0 Å². The summed E-state index contributed by atoms with van der Waals surface area (Å²) in [5, 5.41) is 24.5. The van der Waals surface area contributed by atoms with Crippen LogP contribution >= 0.6 is 0 Å². The summed E-state index contributed by atoms with van der Waals surface area (Å²) in [6, 6.07) is 11.6. The molecule has 0 atom stereocenters. The zero-order valence-electron chi connectivity index (χ0n) is 24.5. The van der Waals surface area contributed by atoms with Crippen LogP contribution < -0.4 is 10.6 Å². The van der Waals surface area contributed by atoms with Crippen LogP contribution in [0.2, 0.25) is 0 Å². The molecule has 2 amide bonds. The molecule has 3 fully saturated rings. The van der Waals surface area contributed by atoms with Gasteiger partial charge in [0.15, 0.2) is 0 Å². The van der Waals surface area contributed by atoms with Gasteiger partial charge in [-0.1, -0.05) is 48.7 Å². The van der Waals surface area contributed by atoms with Gasteiger partial charge in [0.1, 0.15) is 16.9 Å². The number of carbonyl (C=O) groups excluding carboxylic acids is 2. The maximum Gasteiger partial charge on any atom is 0.329 e. The van der Waals surface area contributed by atoms with E-state index in [0.717, 1.165) is 72.8 Å². The molecule has 11 nitrogen and oxygen atoms in total. The Hall–Kier alpha value is -4.67. The number of nitrogens with one attached hydrogen (secondary N) is 2. The fraction of sp³-hybridized carbons (Fsp3) is 0.424. The van der Waals surface area contributed by atoms with Gasteiger partial charge in [-0.15, -0.1) is 5.10 Å². The van der Waals surface area contributed by atoms with Crippen LogP contribution in [0, 0.1) is 0 Å². The van der Waals surface area contributed by atoms with Crippen LogP contribution in [-0.2, 0) is 22.6 Å². The lowest BCUT2D eigenvalue weighted by Gasteiger charge is -2.34. The van der Waals surface area contributed by atoms with Crippen molar-refractivity contribution in [2.75, 3.05) is 0 Å². The van der Waals surface area contributed by atoms with Crippen LogP contribution in [0.1, 0.15) is 102 Å². The lowest BCUT2D eigenvalue weighted by molar-refractivity contribution is -0.149. The van der Waals surface area contributed by atoms with Gasteiger partial charge >= 0.3 is 5.97 Å². The van der Waals surface area contributed by atoms with Crippen LogP contribution in [0.4, 0.5) is 0 Å². The molecule has 3 aliphatic rings. The lowest BCUT2D eigenvalue weighted by atomic mass is 9.81. The molecule has 3 aliphatic carbocycles. The molecular weight excluding hydrogens is 558 g/mol. The summed E-state index contributed by atoms with van der Waals surface area (Å²) in [5.41, 5.74) is 5.28. The van der Waals surface area contributed by atoms with Crippen LogP contribution in [0.15, 0.2) is 48.8 Å². The molecule has 0 radical (unpaired) electrons. The molecule has 0 saturated heterocycles. The summed E-state index contributed by atoms with van der Waals surface area (Å²) >= 11 is 0. The van der Waals surface area contributed by atoms with E-state index in [1.54, 1.807) is 0 Å². The number of benzene rings is 2. The Morgan fingerprint density at radius 1 is 0.955 bits per heavy atom. The highest BCUT2D eigenvalue weighted by Crippen LogP contribution is 2.49. The number of amides is 2. The molecule has 0 aliphatic heterocycles. The first-order valence-electron chi connectivity index (χ1n) is 15.5. The Kier molecular flexibility index (Phi) is 7.31. The number of aromatic nitrogens is 5. The number of carbonyl (C=O) groups is 3. The average molecular weight is 594 g/mol. The predicted molar refractivity (Wildman–Crippen MR) is 161 cm³/mol. The van der Waals surface area contributed by atoms with Crippen molar-refractivity contribution in [3.8, 4) is 5.69 Å². The Morgan fingerprint density at radius 3 is 2.30 bits per heavy atom.